The van der Waals surface area contributed by atoms with Crippen molar-refractivity contribution in [1.29, 1.82) is 0 Å². The van der Waals surface area contributed by atoms with Gasteiger partial charge in [0, 0.05) is 17.8 Å². The Morgan fingerprint density at radius 3 is 2.57 bits per heavy atom. The van der Waals surface area contributed by atoms with Gasteiger partial charge in [-0.3, -0.25) is 4.79 Å². The van der Waals surface area contributed by atoms with Crippen molar-refractivity contribution in [3.63, 3.8) is 0 Å². The number of nitrogens with zero attached hydrogens (tertiary/aromatic N) is 1. The number of anilines is 1. The van der Waals surface area contributed by atoms with E-state index >= 15 is 0 Å². The molecular weight excluding hydrogens is 271 g/mol. The van der Waals surface area contributed by atoms with Crippen LogP contribution in [0.4, 0.5) is 10.1 Å². The van der Waals surface area contributed by atoms with Crippen LogP contribution in [-0.4, -0.2) is 34.2 Å². The van der Waals surface area contributed by atoms with Crippen LogP contribution in [0.3, 0.4) is 0 Å². The number of carbonyl (C=O) groups excluding carboxylic acids is 1. The number of carbonyl (C=O) groups is 1. The van der Waals surface area contributed by atoms with E-state index in [2.05, 4.69) is 0 Å². The van der Waals surface area contributed by atoms with Crippen LogP contribution in [0.5, 0.6) is 0 Å². The third-order valence-electron chi connectivity index (χ3n) is 3.96. The van der Waals surface area contributed by atoms with Gasteiger partial charge in [0.2, 0.25) is 0 Å². The van der Waals surface area contributed by atoms with Crippen molar-refractivity contribution in [3.05, 3.63) is 28.8 Å². The summed E-state index contributed by atoms with van der Waals surface area (Å²) in [6.45, 7) is 7.06. The zero-order valence-corrected chi connectivity index (χ0v) is 13.0. The van der Waals surface area contributed by atoms with E-state index in [4.69, 9.17) is 5.73 Å². The minimum Gasteiger partial charge on any atom is -0.398 e. The third kappa shape index (κ3) is 3.02. The number of rotatable bonds is 4. The molecule has 1 aliphatic rings. The maximum absolute atomic E-state index is 14.0. The van der Waals surface area contributed by atoms with Crippen LogP contribution in [-0.2, 0) is 6.54 Å². The first kappa shape index (κ1) is 15.8. The van der Waals surface area contributed by atoms with Crippen molar-refractivity contribution < 1.29 is 14.3 Å². The lowest BCUT2D eigenvalue weighted by Gasteiger charge is -2.26. The van der Waals surface area contributed by atoms with Crippen LogP contribution in [0.2, 0.25) is 0 Å². The van der Waals surface area contributed by atoms with E-state index in [1.54, 1.807) is 6.07 Å². The molecule has 0 spiro atoms. The molecular formula is C16H23FN2O2. The quantitative estimate of drug-likeness (QED) is 0.838. The van der Waals surface area contributed by atoms with E-state index < -0.39 is 11.8 Å². The van der Waals surface area contributed by atoms with Gasteiger partial charge in [0.25, 0.3) is 5.91 Å². The highest BCUT2D eigenvalue weighted by Crippen LogP contribution is 2.31. The molecule has 1 aromatic carbocycles. The first-order chi connectivity index (χ1) is 9.61. The molecule has 2 rings (SSSR count). The fraction of sp³-hybridized carbons (Fsp3) is 0.562. The number of hydrogen-bond donors (Lipinski definition) is 2. The molecule has 1 aromatic rings. The molecule has 1 aliphatic heterocycles. The van der Waals surface area contributed by atoms with Gasteiger partial charge in [0.05, 0.1) is 12.1 Å². The highest BCUT2D eigenvalue weighted by Gasteiger charge is 2.34. The molecule has 5 heteroatoms. The zero-order valence-electron chi connectivity index (χ0n) is 13.0. The van der Waals surface area contributed by atoms with Gasteiger partial charge in [-0.1, -0.05) is 13.8 Å². The largest absolute Gasteiger partial charge is 0.398 e. The van der Waals surface area contributed by atoms with Crippen molar-refractivity contribution in [2.45, 2.75) is 51.9 Å². The molecule has 0 aromatic heterocycles. The second kappa shape index (κ2) is 5.30. The Bertz CT molecular complexity index is 564. The number of halogens is 1. The Hall–Kier alpha value is -1.62. The van der Waals surface area contributed by atoms with E-state index in [0.717, 1.165) is 11.1 Å². The van der Waals surface area contributed by atoms with Crippen molar-refractivity contribution >= 4 is 11.6 Å². The average molecular weight is 294 g/mol. The van der Waals surface area contributed by atoms with Gasteiger partial charge in [0.15, 0.2) is 0 Å². The molecule has 0 bridgehead atoms. The van der Waals surface area contributed by atoms with Crippen molar-refractivity contribution in [2.24, 2.45) is 0 Å². The Labute approximate surface area is 124 Å². The smallest absolute Gasteiger partial charge is 0.254 e. The molecule has 4 nitrogen and oxygen atoms in total. The molecule has 3 N–H and O–H groups in total. The summed E-state index contributed by atoms with van der Waals surface area (Å²) in [4.78, 5) is 13.8. The SMILES string of the molecule is CC(C)c1cc2c(cc1N)CN(C[C@@H](F)C(C)(C)O)C2=O. The van der Waals surface area contributed by atoms with Gasteiger partial charge in [-0.05, 0) is 43.0 Å². The summed E-state index contributed by atoms with van der Waals surface area (Å²) in [5.41, 5.74) is 7.57. The highest BCUT2D eigenvalue weighted by molar-refractivity contribution is 5.99. The van der Waals surface area contributed by atoms with Crippen molar-refractivity contribution in [2.75, 3.05) is 12.3 Å². The number of nitrogen functional groups attached to an aromatic ring is 1. The first-order valence-electron chi connectivity index (χ1n) is 7.19. The van der Waals surface area contributed by atoms with Crippen LogP contribution in [0.1, 0.15) is 55.1 Å². The van der Waals surface area contributed by atoms with Crippen LogP contribution in [0.25, 0.3) is 0 Å². The second-order valence-corrected chi connectivity index (χ2v) is 6.60. The highest BCUT2D eigenvalue weighted by atomic mass is 19.1. The number of amides is 1. The molecule has 0 saturated heterocycles. The van der Waals surface area contributed by atoms with Crippen LogP contribution < -0.4 is 5.73 Å². The van der Waals surface area contributed by atoms with Crippen LogP contribution in [0.15, 0.2) is 12.1 Å². The van der Waals surface area contributed by atoms with Crippen molar-refractivity contribution in [3.8, 4) is 0 Å². The van der Waals surface area contributed by atoms with Gasteiger partial charge < -0.3 is 15.7 Å². The van der Waals surface area contributed by atoms with E-state index in [1.165, 1.54) is 18.7 Å². The lowest BCUT2D eigenvalue weighted by Crippen LogP contribution is -2.42. The lowest BCUT2D eigenvalue weighted by atomic mass is 9.96. The molecule has 1 heterocycles. The number of aliphatic hydroxyl groups is 1. The average Bonchev–Trinajstić information content (AvgIpc) is 2.63. The summed E-state index contributed by atoms with van der Waals surface area (Å²) >= 11 is 0. The standard InChI is InChI=1S/C16H23FN2O2/c1-9(2)11-6-12-10(5-13(11)18)7-19(15(12)20)8-14(17)16(3,4)21/h5-6,9,14,21H,7-8,18H2,1-4H3/t14-/m1/s1. The molecule has 1 amide bonds. The van der Waals surface area contributed by atoms with Crippen LogP contribution >= 0.6 is 0 Å². The Morgan fingerprint density at radius 1 is 1.43 bits per heavy atom. The van der Waals surface area contributed by atoms with Gasteiger partial charge in [-0.2, -0.15) is 0 Å². The Morgan fingerprint density at radius 2 is 2.05 bits per heavy atom. The Kier molecular flexibility index (Phi) is 3.97. The summed E-state index contributed by atoms with van der Waals surface area (Å²) < 4.78 is 14.0. The van der Waals surface area contributed by atoms with E-state index in [1.807, 2.05) is 19.9 Å². The maximum Gasteiger partial charge on any atom is 0.254 e. The monoisotopic (exact) mass is 294 g/mol. The molecule has 21 heavy (non-hydrogen) atoms. The van der Waals surface area contributed by atoms with E-state index in [9.17, 15) is 14.3 Å². The summed E-state index contributed by atoms with van der Waals surface area (Å²) in [6, 6.07) is 3.62. The Balaban J connectivity index is 2.25. The minimum absolute atomic E-state index is 0.117. The number of hydrogen-bond acceptors (Lipinski definition) is 3. The number of fused-ring (bicyclic) bond motifs is 1. The number of nitrogens with two attached hydrogens (primary N) is 1. The normalized spacial score (nSPS) is 16.5. The zero-order chi connectivity index (χ0) is 15.9. The molecule has 1 atom stereocenters. The van der Waals surface area contributed by atoms with Gasteiger partial charge in [0.1, 0.15) is 6.17 Å². The molecule has 0 radical (unpaired) electrons. The molecule has 0 aliphatic carbocycles. The van der Waals surface area contributed by atoms with Gasteiger partial charge >= 0.3 is 0 Å². The summed E-state index contributed by atoms with van der Waals surface area (Å²) in [7, 11) is 0. The molecule has 116 valence electrons. The van der Waals surface area contributed by atoms with E-state index in [-0.39, 0.29) is 18.4 Å². The predicted octanol–water partition coefficient (Wildman–Crippen LogP) is 2.46. The third-order valence-corrected chi connectivity index (χ3v) is 3.96. The lowest BCUT2D eigenvalue weighted by molar-refractivity contribution is -0.0159. The molecule has 0 unspecified atom stereocenters. The maximum atomic E-state index is 14.0. The fourth-order valence-electron chi connectivity index (χ4n) is 2.52. The predicted molar refractivity (Wildman–Crippen MR) is 80.9 cm³/mol. The second-order valence-electron chi connectivity index (χ2n) is 6.60. The fourth-order valence-corrected chi connectivity index (χ4v) is 2.52. The minimum atomic E-state index is -1.49. The summed E-state index contributed by atoms with van der Waals surface area (Å²) in [5.74, 6) is 0.0289. The first-order valence-corrected chi connectivity index (χ1v) is 7.19. The molecule has 0 saturated carbocycles. The molecule has 0 fully saturated rings. The van der Waals surface area contributed by atoms with E-state index in [0.29, 0.717) is 17.8 Å². The number of benzene rings is 1. The van der Waals surface area contributed by atoms with Crippen molar-refractivity contribution in [1.82, 2.24) is 4.90 Å². The number of alkyl halides is 1. The topological polar surface area (TPSA) is 66.6 Å². The summed E-state index contributed by atoms with van der Waals surface area (Å²) in [5, 5.41) is 9.68. The summed E-state index contributed by atoms with van der Waals surface area (Å²) in [6.07, 6.45) is -1.49. The van der Waals surface area contributed by atoms with Crippen LogP contribution in [0, 0.1) is 0 Å². The van der Waals surface area contributed by atoms with Gasteiger partial charge in [-0.25, -0.2) is 4.39 Å². The van der Waals surface area contributed by atoms with Gasteiger partial charge in [-0.15, -0.1) is 0 Å².